The summed E-state index contributed by atoms with van der Waals surface area (Å²) in [5.74, 6) is 0.181. The molecule has 23 heavy (non-hydrogen) atoms. The first-order valence-electron chi connectivity index (χ1n) is 7.67. The number of likely N-dealkylation sites (N-methyl/N-ethyl adjacent to an activating group) is 1. The SMILES string of the molecule is CCCCN(C)CCNS(=O)(=O)c1ccc2c(c1)NC(=O)CO2. The van der Waals surface area contributed by atoms with Crippen LogP contribution in [0.5, 0.6) is 5.75 Å². The Bertz CT molecular complexity index is 661. The van der Waals surface area contributed by atoms with Crippen molar-refractivity contribution in [1.82, 2.24) is 9.62 Å². The first-order chi connectivity index (χ1) is 10.9. The fourth-order valence-corrected chi connectivity index (χ4v) is 3.27. The Morgan fingerprint density at radius 1 is 1.35 bits per heavy atom. The van der Waals surface area contributed by atoms with Crippen molar-refractivity contribution in [3.05, 3.63) is 18.2 Å². The molecule has 0 spiro atoms. The summed E-state index contributed by atoms with van der Waals surface area (Å²) in [5.41, 5.74) is 0.379. The molecule has 1 aromatic rings. The Kier molecular flexibility index (Phi) is 5.97. The first-order valence-corrected chi connectivity index (χ1v) is 9.15. The maximum Gasteiger partial charge on any atom is 0.262 e. The molecule has 0 atom stereocenters. The van der Waals surface area contributed by atoms with E-state index in [1.54, 1.807) is 6.07 Å². The molecule has 0 saturated carbocycles. The number of benzene rings is 1. The number of sulfonamides is 1. The summed E-state index contributed by atoms with van der Waals surface area (Å²) in [6.45, 7) is 3.99. The summed E-state index contributed by atoms with van der Waals surface area (Å²) in [5, 5.41) is 2.61. The molecular formula is C15H23N3O4S. The third-order valence-corrected chi connectivity index (χ3v) is 5.03. The fraction of sp³-hybridized carbons (Fsp3) is 0.533. The van der Waals surface area contributed by atoms with Crippen LogP contribution in [0.4, 0.5) is 5.69 Å². The van der Waals surface area contributed by atoms with Gasteiger partial charge in [-0.1, -0.05) is 13.3 Å². The topological polar surface area (TPSA) is 87.7 Å². The third kappa shape index (κ3) is 4.92. The van der Waals surface area contributed by atoms with Crippen molar-refractivity contribution in [2.45, 2.75) is 24.7 Å². The lowest BCUT2D eigenvalue weighted by atomic mass is 10.2. The number of fused-ring (bicyclic) bond motifs is 1. The predicted molar refractivity (Wildman–Crippen MR) is 88.2 cm³/mol. The van der Waals surface area contributed by atoms with Gasteiger partial charge in [-0.05, 0) is 38.2 Å². The van der Waals surface area contributed by atoms with E-state index in [1.165, 1.54) is 12.1 Å². The average Bonchev–Trinajstić information content (AvgIpc) is 2.52. The molecular weight excluding hydrogens is 318 g/mol. The van der Waals surface area contributed by atoms with Crippen LogP contribution in [0, 0.1) is 0 Å². The summed E-state index contributed by atoms with van der Waals surface area (Å²) in [6, 6.07) is 4.44. The van der Waals surface area contributed by atoms with Gasteiger partial charge in [0.15, 0.2) is 6.61 Å². The highest BCUT2D eigenvalue weighted by molar-refractivity contribution is 7.89. The molecule has 0 unspecified atom stereocenters. The second-order valence-electron chi connectivity index (χ2n) is 5.55. The van der Waals surface area contributed by atoms with E-state index in [1.807, 2.05) is 7.05 Å². The van der Waals surface area contributed by atoms with Gasteiger partial charge in [0.25, 0.3) is 5.91 Å². The predicted octanol–water partition coefficient (Wildman–Crippen LogP) is 1.03. The van der Waals surface area contributed by atoms with E-state index >= 15 is 0 Å². The van der Waals surface area contributed by atoms with Gasteiger partial charge < -0.3 is 15.0 Å². The summed E-state index contributed by atoms with van der Waals surface area (Å²) in [4.78, 5) is 13.5. The highest BCUT2D eigenvalue weighted by Gasteiger charge is 2.20. The lowest BCUT2D eigenvalue weighted by Gasteiger charge is -2.19. The first kappa shape index (κ1) is 17.7. The average molecular weight is 341 g/mol. The molecule has 0 aromatic heterocycles. The standard InChI is InChI=1S/C15H23N3O4S/c1-3-4-8-18(2)9-7-16-23(20,21)12-5-6-14-13(10-12)17-15(19)11-22-14/h5-6,10,16H,3-4,7-9,11H2,1-2H3,(H,17,19). The van der Waals surface area contributed by atoms with Gasteiger partial charge in [-0.2, -0.15) is 0 Å². The quantitative estimate of drug-likeness (QED) is 0.737. The molecule has 1 heterocycles. The minimum absolute atomic E-state index is 0.0541. The van der Waals surface area contributed by atoms with E-state index in [-0.39, 0.29) is 17.4 Å². The minimum atomic E-state index is -3.61. The third-order valence-electron chi connectivity index (χ3n) is 3.57. The zero-order valence-corrected chi connectivity index (χ0v) is 14.3. The Morgan fingerprint density at radius 2 is 2.13 bits per heavy atom. The van der Waals surface area contributed by atoms with Crippen LogP contribution in [0.15, 0.2) is 23.1 Å². The second-order valence-corrected chi connectivity index (χ2v) is 7.32. The van der Waals surface area contributed by atoms with Crippen molar-refractivity contribution in [2.75, 3.05) is 38.6 Å². The number of nitrogens with zero attached hydrogens (tertiary/aromatic N) is 1. The summed E-state index contributed by atoms with van der Waals surface area (Å²) in [6.07, 6.45) is 2.20. The van der Waals surface area contributed by atoms with Gasteiger partial charge in [-0.25, -0.2) is 13.1 Å². The minimum Gasteiger partial charge on any atom is -0.482 e. The van der Waals surface area contributed by atoms with Gasteiger partial charge in [-0.3, -0.25) is 4.79 Å². The largest absolute Gasteiger partial charge is 0.482 e. The van der Waals surface area contributed by atoms with E-state index in [2.05, 4.69) is 21.9 Å². The number of hydrogen-bond acceptors (Lipinski definition) is 5. The smallest absolute Gasteiger partial charge is 0.262 e. The molecule has 1 aliphatic rings. The molecule has 0 aliphatic carbocycles. The van der Waals surface area contributed by atoms with Crippen LogP contribution in [0.2, 0.25) is 0 Å². The van der Waals surface area contributed by atoms with Crippen molar-refractivity contribution in [3.8, 4) is 5.75 Å². The fourth-order valence-electron chi connectivity index (χ4n) is 2.22. The second kappa shape index (κ2) is 7.76. The molecule has 128 valence electrons. The normalized spacial score (nSPS) is 14.3. The number of hydrogen-bond donors (Lipinski definition) is 2. The monoisotopic (exact) mass is 341 g/mol. The molecule has 8 heteroatoms. The molecule has 0 fully saturated rings. The van der Waals surface area contributed by atoms with E-state index in [4.69, 9.17) is 4.74 Å². The molecule has 0 saturated heterocycles. The molecule has 0 bridgehead atoms. The number of carbonyl (C=O) groups is 1. The van der Waals surface area contributed by atoms with E-state index in [9.17, 15) is 13.2 Å². The Labute approximate surface area is 137 Å². The Balaban J connectivity index is 1.97. The number of carbonyl (C=O) groups excluding carboxylic acids is 1. The van der Waals surface area contributed by atoms with Crippen LogP contribution in [-0.4, -0.2) is 52.5 Å². The van der Waals surface area contributed by atoms with E-state index in [0.29, 0.717) is 24.5 Å². The number of anilines is 1. The van der Waals surface area contributed by atoms with Gasteiger partial charge in [-0.15, -0.1) is 0 Å². The van der Waals surface area contributed by atoms with Gasteiger partial charge >= 0.3 is 0 Å². The van der Waals surface area contributed by atoms with Crippen LogP contribution in [0.1, 0.15) is 19.8 Å². The summed E-state index contributed by atoms with van der Waals surface area (Å²) < 4.78 is 32.4. The number of ether oxygens (including phenoxy) is 1. The molecule has 7 nitrogen and oxygen atoms in total. The van der Waals surface area contributed by atoms with Crippen molar-refractivity contribution in [2.24, 2.45) is 0 Å². The summed E-state index contributed by atoms with van der Waals surface area (Å²) >= 11 is 0. The van der Waals surface area contributed by atoms with Crippen molar-refractivity contribution in [1.29, 1.82) is 0 Å². The van der Waals surface area contributed by atoms with Crippen LogP contribution in [0.25, 0.3) is 0 Å². The van der Waals surface area contributed by atoms with Gasteiger partial charge in [0.2, 0.25) is 10.0 Å². The molecule has 1 aromatic carbocycles. The molecule has 2 N–H and O–H groups in total. The number of amides is 1. The van der Waals surface area contributed by atoms with Gasteiger partial charge in [0.05, 0.1) is 10.6 Å². The lowest BCUT2D eigenvalue weighted by molar-refractivity contribution is -0.118. The van der Waals surface area contributed by atoms with Crippen molar-refractivity contribution >= 4 is 21.6 Å². The van der Waals surface area contributed by atoms with Crippen LogP contribution < -0.4 is 14.8 Å². The molecule has 1 amide bonds. The molecule has 0 radical (unpaired) electrons. The van der Waals surface area contributed by atoms with Gasteiger partial charge in [0.1, 0.15) is 5.75 Å². The Hall–Kier alpha value is -1.64. The maximum absolute atomic E-state index is 12.3. The van der Waals surface area contributed by atoms with Crippen LogP contribution >= 0.6 is 0 Å². The highest BCUT2D eigenvalue weighted by Crippen LogP contribution is 2.29. The van der Waals surface area contributed by atoms with Crippen LogP contribution in [-0.2, 0) is 14.8 Å². The van der Waals surface area contributed by atoms with Crippen molar-refractivity contribution in [3.63, 3.8) is 0 Å². The zero-order chi connectivity index (χ0) is 16.9. The maximum atomic E-state index is 12.3. The molecule has 2 rings (SSSR count). The lowest BCUT2D eigenvalue weighted by Crippen LogP contribution is -2.33. The highest BCUT2D eigenvalue weighted by atomic mass is 32.2. The molecule has 1 aliphatic heterocycles. The van der Waals surface area contributed by atoms with E-state index < -0.39 is 10.0 Å². The van der Waals surface area contributed by atoms with Crippen molar-refractivity contribution < 1.29 is 17.9 Å². The Morgan fingerprint density at radius 3 is 2.87 bits per heavy atom. The van der Waals surface area contributed by atoms with Gasteiger partial charge in [0, 0.05) is 13.1 Å². The van der Waals surface area contributed by atoms with E-state index in [0.717, 1.165) is 19.4 Å². The number of unbranched alkanes of at least 4 members (excludes halogenated alkanes) is 1. The zero-order valence-electron chi connectivity index (χ0n) is 13.5. The summed E-state index contributed by atoms with van der Waals surface area (Å²) in [7, 11) is -1.64. The van der Waals surface area contributed by atoms with Crippen LogP contribution in [0.3, 0.4) is 0 Å². The number of rotatable bonds is 8. The number of nitrogens with one attached hydrogen (secondary N) is 2.